The summed E-state index contributed by atoms with van der Waals surface area (Å²) >= 11 is 0. The molecule has 0 fully saturated rings. The Balaban J connectivity index is 0.00000128. The van der Waals surface area contributed by atoms with Crippen LogP contribution in [0.25, 0.3) is 0 Å². The van der Waals surface area contributed by atoms with E-state index in [0.717, 1.165) is 12.3 Å². The van der Waals surface area contributed by atoms with Gasteiger partial charge in [-0.2, -0.15) is 0 Å². The zero-order valence-electron chi connectivity index (χ0n) is 9.14. The molecular formula is C13H14ClNO. The number of halogens is 1. The summed E-state index contributed by atoms with van der Waals surface area (Å²) in [5.41, 5.74) is 1.30. The van der Waals surface area contributed by atoms with Crippen molar-refractivity contribution in [3.63, 3.8) is 0 Å². The van der Waals surface area contributed by atoms with Crippen LogP contribution in [0.1, 0.15) is 5.56 Å². The van der Waals surface area contributed by atoms with Gasteiger partial charge in [-0.3, -0.25) is 0 Å². The molecule has 0 saturated carbocycles. The zero-order chi connectivity index (χ0) is 10.5. The van der Waals surface area contributed by atoms with E-state index in [9.17, 15) is 0 Å². The van der Waals surface area contributed by atoms with Crippen LogP contribution in [-0.2, 0) is 6.54 Å². The van der Waals surface area contributed by atoms with E-state index in [2.05, 4.69) is 28.8 Å². The molecule has 0 N–H and O–H groups in total. The van der Waals surface area contributed by atoms with Crippen LogP contribution in [0, 0.1) is 0 Å². The van der Waals surface area contributed by atoms with Gasteiger partial charge in [0.25, 0.3) is 0 Å². The highest BCUT2D eigenvalue weighted by Crippen LogP contribution is 2.04. The Kier molecular flexibility index (Phi) is 4.80. The van der Waals surface area contributed by atoms with Gasteiger partial charge in [0.1, 0.15) is 5.75 Å². The summed E-state index contributed by atoms with van der Waals surface area (Å²) in [5, 5.41) is 0. The SMILES string of the molecule is COc1cc[n+](Cc2ccccc2)cc1.[Cl-]. The molecule has 2 aromatic rings. The molecule has 1 heterocycles. The second-order valence-corrected chi connectivity index (χ2v) is 3.40. The first-order chi connectivity index (χ1) is 7.38. The summed E-state index contributed by atoms with van der Waals surface area (Å²) in [7, 11) is 1.68. The third-order valence-electron chi connectivity index (χ3n) is 2.30. The molecule has 1 aromatic carbocycles. The van der Waals surface area contributed by atoms with E-state index in [-0.39, 0.29) is 12.4 Å². The van der Waals surface area contributed by atoms with E-state index in [1.54, 1.807) is 7.11 Å². The Bertz CT molecular complexity index is 414. The Morgan fingerprint density at radius 2 is 1.62 bits per heavy atom. The number of methoxy groups -OCH3 is 1. The van der Waals surface area contributed by atoms with E-state index in [4.69, 9.17) is 4.74 Å². The first-order valence-corrected chi connectivity index (χ1v) is 4.95. The van der Waals surface area contributed by atoms with Gasteiger partial charge in [0.2, 0.25) is 0 Å². The van der Waals surface area contributed by atoms with Crippen LogP contribution in [0.4, 0.5) is 0 Å². The van der Waals surface area contributed by atoms with Crippen LogP contribution in [0.15, 0.2) is 54.9 Å². The lowest BCUT2D eigenvalue weighted by Gasteiger charge is -1.99. The van der Waals surface area contributed by atoms with Crippen molar-refractivity contribution in [3.8, 4) is 5.75 Å². The minimum atomic E-state index is 0. The highest BCUT2D eigenvalue weighted by molar-refractivity contribution is 5.15. The number of rotatable bonds is 3. The van der Waals surface area contributed by atoms with Crippen molar-refractivity contribution in [2.24, 2.45) is 0 Å². The Hall–Kier alpha value is -1.54. The summed E-state index contributed by atoms with van der Waals surface area (Å²) in [5.74, 6) is 0.888. The fourth-order valence-electron chi connectivity index (χ4n) is 1.48. The number of hydrogen-bond donors (Lipinski definition) is 0. The van der Waals surface area contributed by atoms with Gasteiger partial charge in [-0.1, -0.05) is 30.3 Å². The molecule has 2 nitrogen and oxygen atoms in total. The summed E-state index contributed by atoms with van der Waals surface area (Å²) in [4.78, 5) is 0. The zero-order valence-corrected chi connectivity index (χ0v) is 9.89. The number of benzene rings is 1. The van der Waals surface area contributed by atoms with Crippen molar-refractivity contribution in [3.05, 3.63) is 60.4 Å². The number of nitrogens with zero attached hydrogens (tertiary/aromatic N) is 1. The largest absolute Gasteiger partial charge is 1.00 e. The number of hydrogen-bond acceptors (Lipinski definition) is 1. The monoisotopic (exact) mass is 235 g/mol. The molecule has 84 valence electrons. The first-order valence-electron chi connectivity index (χ1n) is 4.95. The molecular weight excluding hydrogens is 222 g/mol. The van der Waals surface area contributed by atoms with Crippen LogP contribution in [0.5, 0.6) is 5.75 Å². The van der Waals surface area contributed by atoms with Gasteiger partial charge in [0.15, 0.2) is 18.9 Å². The van der Waals surface area contributed by atoms with E-state index in [0.29, 0.717) is 0 Å². The normalized spacial score (nSPS) is 9.31. The lowest BCUT2D eigenvalue weighted by Crippen LogP contribution is -3.00. The quantitative estimate of drug-likeness (QED) is 0.625. The van der Waals surface area contributed by atoms with E-state index < -0.39 is 0 Å². The predicted molar refractivity (Wildman–Crippen MR) is 58.7 cm³/mol. The third kappa shape index (κ3) is 3.24. The van der Waals surface area contributed by atoms with Crippen molar-refractivity contribution in [1.82, 2.24) is 0 Å². The minimum absolute atomic E-state index is 0. The highest BCUT2D eigenvalue weighted by atomic mass is 35.5. The lowest BCUT2D eigenvalue weighted by molar-refractivity contribution is -0.688. The number of aromatic nitrogens is 1. The summed E-state index contributed by atoms with van der Waals surface area (Å²) in [6.45, 7) is 0.894. The summed E-state index contributed by atoms with van der Waals surface area (Å²) < 4.78 is 7.23. The van der Waals surface area contributed by atoms with Crippen LogP contribution < -0.4 is 21.7 Å². The first kappa shape index (κ1) is 12.5. The highest BCUT2D eigenvalue weighted by Gasteiger charge is 2.01. The molecule has 0 aliphatic carbocycles. The third-order valence-corrected chi connectivity index (χ3v) is 2.30. The van der Waals surface area contributed by atoms with Crippen LogP contribution in [0.2, 0.25) is 0 Å². The van der Waals surface area contributed by atoms with Gasteiger partial charge in [-0.25, -0.2) is 4.57 Å². The second kappa shape index (κ2) is 6.13. The Morgan fingerprint density at radius 1 is 1.00 bits per heavy atom. The molecule has 0 unspecified atom stereocenters. The molecule has 0 spiro atoms. The molecule has 0 radical (unpaired) electrons. The van der Waals surface area contributed by atoms with Crippen LogP contribution in [0.3, 0.4) is 0 Å². The smallest absolute Gasteiger partial charge is 0.173 e. The van der Waals surface area contributed by atoms with Crippen molar-refractivity contribution >= 4 is 0 Å². The van der Waals surface area contributed by atoms with Gasteiger partial charge < -0.3 is 17.1 Å². The molecule has 2 rings (SSSR count). The Morgan fingerprint density at radius 3 is 2.19 bits per heavy atom. The molecule has 0 amide bonds. The number of pyridine rings is 1. The Labute approximate surface area is 102 Å². The molecule has 16 heavy (non-hydrogen) atoms. The van der Waals surface area contributed by atoms with E-state index in [1.807, 2.05) is 30.6 Å². The summed E-state index contributed by atoms with van der Waals surface area (Å²) in [6.07, 6.45) is 4.04. The molecule has 0 atom stereocenters. The number of ether oxygens (including phenoxy) is 1. The molecule has 1 aromatic heterocycles. The van der Waals surface area contributed by atoms with Crippen LogP contribution in [-0.4, -0.2) is 7.11 Å². The average Bonchev–Trinajstić information content (AvgIpc) is 2.31. The van der Waals surface area contributed by atoms with Crippen molar-refractivity contribution in [2.45, 2.75) is 6.54 Å². The molecule has 0 aliphatic rings. The van der Waals surface area contributed by atoms with Crippen molar-refractivity contribution < 1.29 is 21.7 Å². The maximum absolute atomic E-state index is 5.11. The topological polar surface area (TPSA) is 13.1 Å². The summed E-state index contributed by atoms with van der Waals surface area (Å²) in [6, 6.07) is 14.3. The molecule has 3 heteroatoms. The molecule has 0 bridgehead atoms. The molecule has 0 aliphatic heterocycles. The second-order valence-electron chi connectivity index (χ2n) is 3.40. The van der Waals surface area contributed by atoms with E-state index >= 15 is 0 Å². The van der Waals surface area contributed by atoms with Crippen molar-refractivity contribution in [1.29, 1.82) is 0 Å². The lowest BCUT2D eigenvalue weighted by atomic mass is 10.2. The van der Waals surface area contributed by atoms with Gasteiger partial charge in [-0.15, -0.1) is 0 Å². The molecule has 0 saturated heterocycles. The van der Waals surface area contributed by atoms with Crippen LogP contribution >= 0.6 is 0 Å². The van der Waals surface area contributed by atoms with Gasteiger partial charge >= 0.3 is 0 Å². The fourth-order valence-corrected chi connectivity index (χ4v) is 1.48. The predicted octanol–water partition coefficient (Wildman–Crippen LogP) is -0.965. The van der Waals surface area contributed by atoms with Gasteiger partial charge in [-0.05, 0) is 0 Å². The average molecular weight is 236 g/mol. The van der Waals surface area contributed by atoms with E-state index in [1.165, 1.54) is 5.56 Å². The maximum atomic E-state index is 5.11. The van der Waals surface area contributed by atoms with Crippen molar-refractivity contribution in [2.75, 3.05) is 7.11 Å². The minimum Gasteiger partial charge on any atom is -1.00 e. The standard InChI is InChI=1S/C13H14NO.ClH/c1-15-13-7-9-14(10-8-13)11-12-5-3-2-4-6-12;/h2-10H,11H2,1H3;1H/q+1;/p-1. The van der Waals surface area contributed by atoms with Gasteiger partial charge in [0.05, 0.1) is 7.11 Å². The van der Waals surface area contributed by atoms with Gasteiger partial charge in [0, 0.05) is 17.7 Å². The fraction of sp³-hybridized carbons (Fsp3) is 0.154. The maximum Gasteiger partial charge on any atom is 0.173 e.